The van der Waals surface area contributed by atoms with Crippen molar-refractivity contribution in [2.45, 2.75) is 83.8 Å². The molecule has 14 heteroatoms. The Morgan fingerprint density at radius 1 is 1.00 bits per heavy atom. The molecule has 0 radical (unpaired) electrons. The zero-order chi connectivity index (χ0) is 33.0. The second-order valence-electron chi connectivity index (χ2n) is 12.3. The second-order valence-corrected chi connectivity index (χ2v) is 13.4. The van der Waals surface area contributed by atoms with Gasteiger partial charge in [0.2, 0.25) is 5.91 Å². The lowest BCUT2D eigenvalue weighted by Gasteiger charge is -2.27. The number of hydrazine groups is 1. The molecule has 0 bridgehead atoms. The molecule has 2 aromatic rings. The maximum absolute atomic E-state index is 14.0. The lowest BCUT2D eigenvalue weighted by atomic mass is 9.96. The standard InChI is InChI=1S/C30H37F3N4O6S/c1-28(2,3)26(40)36-35-23(38)18-10-13-22-21(14-18)37(24(39)20(16-44-22)34-27(41)43-29(4,5)6)15-17-8-11-19(12-9-17)42-30(7,33)25(31)32/h8-14,20,25H,15-16H2,1-7H3,(H,34,41)(H,35,38)(H,36,40)/t20-,30-/m0/s1. The summed E-state index contributed by atoms with van der Waals surface area (Å²) in [5.41, 5.74) is 4.22. The van der Waals surface area contributed by atoms with Gasteiger partial charge in [-0.1, -0.05) is 32.9 Å². The van der Waals surface area contributed by atoms with Crippen LogP contribution in [0, 0.1) is 5.41 Å². The third-order valence-corrected chi connectivity index (χ3v) is 7.27. The number of rotatable bonds is 7. The van der Waals surface area contributed by atoms with Gasteiger partial charge >= 0.3 is 18.4 Å². The van der Waals surface area contributed by atoms with E-state index in [0.29, 0.717) is 23.1 Å². The van der Waals surface area contributed by atoms with Crippen molar-refractivity contribution in [3.63, 3.8) is 0 Å². The minimum Gasteiger partial charge on any atom is -0.453 e. The normalized spacial score (nSPS) is 16.8. The maximum Gasteiger partial charge on any atom is 0.408 e. The Hall–Kier alpha value is -3.94. The summed E-state index contributed by atoms with van der Waals surface area (Å²) in [6.45, 7) is 10.7. The minimum absolute atomic E-state index is 0.0628. The van der Waals surface area contributed by atoms with Crippen LogP contribution in [0.4, 0.5) is 23.7 Å². The molecule has 4 amide bonds. The van der Waals surface area contributed by atoms with Crippen molar-refractivity contribution in [1.82, 2.24) is 16.2 Å². The van der Waals surface area contributed by atoms with E-state index in [1.54, 1.807) is 47.6 Å². The van der Waals surface area contributed by atoms with Crippen LogP contribution in [0.3, 0.4) is 0 Å². The number of thioether (sulfide) groups is 1. The van der Waals surface area contributed by atoms with E-state index >= 15 is 0 Å². The lowest BCUT2D eigenvalue weighted by Crippen LogP contribution is -2.50. The number of carbonyl (C=O) groups is 4. The summed E-state index contributed by atoms with van der Waals surface area (Å²) >= 11 is 1.28. The molecule has 2 atom stereocenters. The Bertz CT molecular complexity index is 1390. The monoisotopic (exact) mass is 638 g/mol. The lowest BCUT2D eigenvalue weighted by molar-refractivity contribution is -0.152. The third-order valence-electron chi connectivity index (χ3n) is 6.11. The highest BCUT2D eigenvalue weighted by Gasteiger charge is 2.38. The van der Waals surface area contributed by atoms with Gasteiger partial charge in [-0.2, -0.15) is 4.39 Å². The van der Waals surface area contributed by atoms with Crippen molar-refractivity contribution in [3.05, 3.63) is 53.6 Å². The van der Waals surface area contributed by atoms with E-state index in [4.69, 9.17) is 9.47 Å². The Morgan fingerprint density at radius 3 is 2.20 bits per heavy atom. The van der Waals surface area contributed by atoms with Gasteiger partial charge in [0, 0.05) is 28.6 Å². The molecule has 0 saturated heterocycles. The number of hydrogen-bond acceptors (Lipinski definition) is 7. The van der Waals surface area contributed by atoms with E-state index in [9.17, 15) is 32.3 Å². The van der Waals surface area contributed by atoms with E-state index in [2.05, 4.69) is 16.2 Å². The fourth-order valence-corrected chi connectivity index (χ4v) is 4.81. The molecule has 1 aliphatic heterocycles. The zero-order valence-corrected chi connectivity index (χ0v) is 26.4. The van der Waals surface area contributed by atoms with Crippen LogP contribution in [0.1, 0.15) is 64.4 Å². The number of amides is 4. The minimum atomic E-state index is -3.37. The van der Waals surface area contributed by atoms with Crippen molar-refractivity contribution in [1.29, 1.82) is 0 Å². The summed E-state index contributed by atoms with van der Waals surface area (Å²) in [4.78, 5) is 53.6. The summed E-state index contributed by atoms with van der Waals surface area (Å²) in [5, 5.41) is 2.61. The molecule has 240 valence electrons. The third kappa shape index (κ3) is 9.28. The Morgan fingerprint density at radius 2 is 1.64 bits per heavy atom. The SMILES string of the molecule is CC(C)(C)OC(=O)N[C@H]1CSc2ccc(C(=O)NNC(=O)C(C)(C)C)cc2N(Cc2ccc(O[C@](C)(F)C(F)F)cc2)C1=O. The number of halogens is 3. The first-order valence-electron chi connectivity index (χ1n) is 13.7. The van der Waals surface area contributed by atoms with E-state index < -0.39 is 53.2 Å². The van der Waals surface area contributed by atoms with Crippen LogP contribution < -0.4 is 25.8 Å². The van der Waals surface area contributed by atoms with Crippen LogP contribution in [0.5, 0.6) is 5.75 Å². The fraction of sp³-hybridized carbons (Fsp3) is 0.467. The van der Waals surface area contributed by atoms with Gasteiger partial charge in [-0.3, -0.25) is 25.2 Å². The predicted molar refractivity (Wildman–Crippen MR) is 159 cm³/mol. The van der Waals surface area contributed by atoms with E-state index in [1.165, 1.54) is 53.1 Å². The number of hydrogen-bond donors (Lipinski definition) is 3. The molecule has 0 aromatic heterocycles. The van der Waals surface area contributed by atoms with Crippen molar-refractivity contribution < 1.29 is 41.8 Å². The summed E-state index contributed by atoms with van der Waals surface area (Å²) in [7, 11) is 0. The number of anilines is 1. The topological polar surface area (TPSA) is 126 Å². The summed E-state index contributed by atoms with van der Waals surface area (Å²) < 4.78 is 50.0. The molecule has 1 heterocycles. The van der Waals surface area contributed by atoms with Gasteiger partial charge in [-0.05, 0) is 56.7 Å². The van der Waals surface area contributed by atoms with Crippen LogP contribution >= 0.6 is 11.8 Å². The molecule has 3 rings (SSSR count). The first-order chi connectivity index (χ1) is 20.3. The van der Waals surface area contributed by atoms with Crippen molar-refractivity contribution >= 4 is 41.3 Å². The van der Waals surface area contributed by atoms with Gasteiger partial charge in [-0.25, -0.2) is 13.6 Å². The number of nitrogens with zero attached hydrogens (tertiary/aromatic N) is 1. The van der Waals surface area contributed by atoms with Gasteiger partial charge < -0.3 is 19.7 Å². The van der Waals surface area contributed by atoms with Crippen molar-refractivity contribution in [2.75, 3.05) is 10.7 Å². The molecule has 0 spiro atoms. The number of ether oxygens (including phenoxy) is 2. The molecule has 0 saturated carbocycles. The van der Waals surface area contributed by atoms with E-state index in [0.717, 1.165) is 0 Å². The summed E-state index contributed by atoms with van der Waals surface area (Å²) in [6.07, 6.45) is -4.15. The molecule has 2 aromatic carbocycles. The smallest absolute Gasteiger partial charge is 0.408 e. The average molecular weight is 639 g/mol. The Labute approximate surface area is 258 Å². The Kier molecular flexibility index (Phi) is 10.5. The van der Waals surface area contributed by atoms with Gasteiger partial charge in [0.1, 0.15) is 17.4 Å². The van der Waals surface area contributed by atoms with Gasteiger partial charge in [0.15, 0.2) is 0 Å². The molecule has 10 nitrogen and oxygen atoms in total. The van der Waals surface area contributed by atoms with Crippen molar-refractivity contribution in [2.24, 2.45) is 5.41 Å². The highest BCUT2D eigenvalue weighted by molar-refractivity contribution is 7.99. The largest absolute Gasteiger partial charge is 0.453 e. The fourth-order valence-electron chi connectivity index (χ4n) is 3.75. The number of carbonyl (C=O) groups excluding carboxylic acids is 4. The van der Waals surface area contributed by atoms with Crippen LogP contribution in [-0.4, -0.2) is 53.5 Å². The number of benzene rings is 2. The van der Waals surface area contributed by atoms with Gasteiger partial charge in [0.05, 0.1) is 12.2 Å². The maximum atomic E-state index is 14.0. The quantitative estimate of drug-likeness (QED) is 0.349. The molecule has 3 N–H and O–H groups in total. The Balaban J connectivity index is 1.93. The van der Waals surface area contributed by atoms with Gasteiger partial charge in [-0.15, -0.1) is 11.8 Å². The summed E-state index contributed by atoms with van der Waals surface area (Å²) in [5.74, 6) is -4.71. The molecular weight excluding hydrogens is 601 g/mol. The van der Waals surface area contributed by atoms with Crippen LogP contribution in [-0.2, 0) is 20.9 Å². The zero-order valence-electron chi connectivity index (χ0n) is 25.5. The van der Waals surface area contributed by atoms with Crippen LogP contribution in [0.15, 0.2) is 47.4 Å². The number of alkyl halides is 3. The molecule has 1 aliphatic rings. The second kappa shape index (κ2) is 13.4. The average Bonchev–Trinajstić information content (AvgIpc) is 3.02. The molecule has 44 heavy (non-hydrogen) atoms. The summed E-state index contributed by atoms with van der Waals surface area (Å²) in [6, 6.07) is 9.23. The number of alkyl carbamates (subject to hydrolysis) is 1. The van der Waals surface area contributed by atoms with Crippen LogP contribution in [0.25, 0.3) is 0 Å². The predicted octanol–water partition coefficient (Wildman–Crippen LogP) is 5.36. The molecule has 0 unspecified atom stereocenters. The van der Waals surface area contributed by atoms with E-state index in [1.807, 2.05) is 0 Å². The first kappa shape index (κ1) is 34.5. The number of nitrogens with one attached hydrogen (secondary N) is 3. The van der Waals surface area contributed by atoms with Crippen molar-refractivity contribution in [3.8, 4) is 5.75 Å². The molecule has 0 fully saturated rings. The van der Waals surface area contributed by atoms with Crippen LogP contribution in [0.2, 0.25) is 0 Å². The first-order valence-corrected chi connectivity index (χ1v) is 14.7. The number of fused-ring (bicyclic) bond motifs is 1. The van der Waals surface area contributed by atoms with Gasteiger partial charge in [0.25, 0.3) is 11.8 Å². The highest BCUT2D eigenvalue weighted by Crippen LogP contribution is 2.37. The molecular formula is C30H37F3N4O6S. The molecule has 0 aliphatic carbocycles. The highest BCUT2D eigenvalue weighted by atomic mass is 32.2. The van der Waals surface area contributed by atoms with E-state index in [-0.39, 0.29) is 23.6 Å².